The lowest BCUT2D eigenvalue weighted by atomic mass is 10.1. The Morgan fingerprint density at radius 3 is 2.81 bits per heavy atom. The van der Waals surface area contributed by atoms with Gasteiger partial charge in [-0.3, -0.25) is 0 Å². The SMILES string of the molecule is CCCS(=O)(=O)c1ccccc1N1CCCC1CCCO. The molecule has 1 atom stereocenters. The minimum absolute atomic E-state index is 0.194. The molecule has 2 rings (SSSR count). The lowest BCUT2D eigenvalue weighted by molar-refractivity contribution is 0.279. The fourth-order valence-electron chi connectivity index (χ4n) is 3.12. The van der Waals surface area contributed by atoms with Gasteiger partial charge in [-0.2, -0.15) is 0 Å². The molecule has 0 aliphatic carbocycles. The van der Waals surface area contributed by atoms with Crippen LogP contribution in [0.4, 0.5) is 5.69 Å². The van der Waals surface area contributed by atoms with E-state index >= 15 is 0 Å². The van der Waals surface area contributed by atoms with Crippen LogP contribution >= 0.6 is 0 Å². The summed E-state index contributed by atoms with van der Waals surface area (Å²) in [5.74, 6) is 0.194. The maximum Gasteiger partial charge on any atom is 0.180 e. The molecular weight excluding hydrogens is 286 g/mol. The van der Waals surface area contributed by atoms with E-state index in [2.05, 4.69) is 4.90 Å². The molecule has 21 heavy (non-hydrogen) atoms. The molecule has 1 aliphatic rings. The molecule has 0 spiro atoms. The number of aliphatic hydroxyl groups is 1. The minimum atomic E-state index is -3.21. The topological polar surface area (TPSA) is 57.6 Å². The highest BCUT2D eigenvalue weighted by atomic mass is 32.2. The summed E-state index contributed by atoms with van der Waals surface area (Å²) in [5, 5.41) is 9.02. The van der Waals surface area contributed by atoms with E-state index in [9.17, 15) is 8.42 Å². The molecular formula is C16H25NO3S. The Hall–Kier alpha value is -1.07. The number of hydrogen-bond donors (Lipinski definition) is 1. The molecule has 118 valence electrons. The number of benzene rings is 1. The summed E-state index contributed by atoms with van der Waals surface area (Å²) in [6, 6.07) is 7.68. The van der Waals surface area contributed by atoms with Crippen molar-refractivity contribution in [3.63, 3.8) is 0 Å². The van der Waals surface area contributed by atoms with Gasteiger partial charge in [0.15, 0.2) is 9.84 Å². The Bertz CT molecular complexity index is 556. The lowest BCUT2D eigenvalue weighted by Gasteiger charge is -2.28. The molecule has 5 heteroatoms. The number of anilines is 1. The zero-order valence-corrected chi connectivity index (χ0v) is 13.5. The Balaban J connectivity index is 2.31. The fraction of sp³-hybridized carbons (Fsp3) is 0.625. The first kappa shape index (κ1) is 16.3. The average Bonchev–Trinajstić information content (AvgIpc) is 2.93. The zero-order chi connectivity index (χ0) is 15.3. The van der Waals surface area contributed by atoms with Gasteiger partial charge in [0, 0.05) is 19.2 Å². The van der Waals surface area contributed by atoms with Crippen LogP contribution in [-0.4, -0.2) is 38.5 Å². The largest absolute Gasteiger partial charge is 0.396 e. The van der Waals surface area contributed by atoms with E-state index < -0.39 is 9.84 Å². The summed E-state index contributed by atoms with van der Waals surface area (Å²) in [7, 11) is -3.21. The van der Waals surface area contributed by atoms with Gasteiger partial charge in [0.05, 0.1) is 16.3 Å². The number of sulfone groups is 1. The molecule has 4 nitrogen and oxygen atoms in total. The number of aliphatic hydroxyl groups excluding tert-OH is 1. The van der Waals surface area contributed by atoms with Gasteiger partial charge in [-0.05, 0) is 44.2 Å². The van der Waals surface area contributed by atoms with Gasteiger partial charge in [-0.1, -0.05) is 19.1 Å². The first-order chi connectivity index (χ1) is 10.1. The number of para-hydroxylation sites is 1. The monoisotopic (exact) mass is 311 g/mol. The average molecular weight is 311 g/mol. The van der Waals surface area contributed by atoms with Crippen molar-refractivity contribution in [3.05, 3.63) is 24.3 Å². The van der Waals surface area contributed by atoms with Crippen molar-refractivity contribution in [1.82, 2.24) is 0 Å². The number of hydrogen-bond acceptors (Lipinski definition) is 4. The smallest absolute Gasteiger partial charge is 0.180 e. The molecule has 1 saturated heterocycles. The molecule has 0 aromatic heterocycles. The molecule has 1 N–H and O–H groups in total. The van der Waals surface area contributed by atoms with Crippen molar-refractivity contribution in [3.8, 4) is 0 Å². The third-order valence-electron chi connectivity index (χ3n) is 4.06. The van der Waals surface area contributed by atoms with Gasteiger partial charge in [-0.25, -0.2) is 8.42 Å². The summed E-state index contributed by atoms with van der Waals surface area (Å²) >= 11 is 0. The van der Waals surface area contributed by atoms with E-state index in [4.69, 9.17) is 5.11 Å². The van der Waals surface area contributed by atoms with E-state index in [1.165, 1.54) is 0 Å². The van der Waals surface area contributed by atoms with Crippen LogP contribution in [0.2, 0.25) is 0 Å². The fourth-order valence-corrected chi connectivity index (χ4v) is 4.66. The van der Waals surface area contributed by atoms with Crippen LogP contribution in [0.15, 0.2) is 29.2 Å². The summed E-state index contributed by atoms with van der Waals surface area (Å²) in [6.45, 7) is 2.98. The summed E-state index contributed by atoms with van der Waals surface area (Å²) < 4.78 is 24.9. The van der Waals surface area contributed by atoms with Crippen molar-refractivity contribution in [2.45, 2.75) is 50.0 Å². The van der Waals surface area contributed by atoms with Crippen molar-refractivity contribution in [1.29, 1.82) is 0 Å². The number of nitrogens with zero attached hydrogens (tertiary/aromatic N) is 1. The van der Waals surface area contributed by atoms with Crippen LogP contribution in [0, 0.1) is 0 Å². The Morgan fingerprint density at radius 2 is 2.10 bits per heavy atom. The van der Waals surface area contributed by atoms with Crippen molar-refractivity contribution in [2.24, 2.45) is 0 Å². The van der Waals surface area contributed by atoms with Crippen molar-refractivity contribution in [2.75, 3.05) is 23.8 Å². The van der Waals surface area contributed by atoms with Crippen molar-refractivity contribution >= 4 is 15.5 Å². The van der Waals surface area contributed by atoms with E-state index in [1.54, 1.807) is 12.1 Å². The van der Waals surface area contributed by atoms with Crippen LogP contribution in [0.25, 0.3) is 0 Å². The summed E-state index contributed by atoms with van der Waals surface area (Å²) in [6.07, 6.45) is 4.47. The van der Waals surface area contributed by atoms with Gasteiger partial charge in [0.1, 0.15) is 0 Å². The van der Waals surface area contributed by atoms with Crippen LogP contribution in [0.5, 0.6) is 0 Å². The molecule has 1 aliphatic heterocycles. The maximum absolute atomic E-state index is 12.5. The van der Waals surface area contributed by atoms with Gasteiger partial charge in [0.2, 0.25) is 0 Å². The van der Waals surface area contributed by atoms with E-state index in [0.717, 1.165) is 37.9 Å². The second-order valence-corrected chi connectivity index (χ2v) is 7.72. The standard InChI is InChI=1S/C16H25NO3S/c1-2-13-21(19,20)16-10-4-3-9-15(16)17-11-5-7-14(17)8-6-12-18/h3-4,9-10,14,18H,2,5-8,11-13H2,1H3. The third-order valence-corrected chi connectivity index (χ3v) is 6.02. The first-order valence-corrected chi connectivity index (χ1v) is 9.44. The summed E-state index contributed by atoms with van der Waals surface area (Å²) in [4.78, 5) is 2.68. The van der Waals surface area contributed by atoms with Crippen LogP contribution < -0.4 is 4.90 Å². The predicted octanol–water partition coefficient (Wildman–Crippen LogP) is 2.61. The molecule has 1 aromatic rings. The molecule has 0 amide bonds. The molecule has 1 unspecified atom stereocenters. The highest BCUT2D eigenvalue weighted by molar-refractivity contribution is 7.91. The molecule has 0 bridgehead atoms. The van der Waals surface area contributed by atoms with E-state index in [-0.39, 0.29) is 12.4 Å². The molecule has 1 heterocycles. The molecule has 1 aromatic carbocycles. The lowest BCUT2D eigenvalue weighted by Crippen LogP contribution is -2.30. The van der Waals surface area contributed by atoms with Gasteiger partial charge in [-0.15, -0.1) is 0 Å². The Kier molecular flexibility index (Phi) is 5.65. The normalized spacial score (nSPS) is 19.1. The number of rotatable bonds is 7. The highest BCUT2D eigenvalue weighted by Gasteiger charge is 2.28. The van der Waals surface area contributed by atoms with Crippen LogP contribution in [-0.2, 0) is 9.84 Å². The van der Waals surface area contributed by atoms with E-state index in [1.807, 2.05) is 19.1 Å². The quantitative estimate of drug-likeness (QED) is 0.841. The molecule has 0 saturated carbocycles. The van der Waals surface area contributed by atoms with E-state index in [0.29, 0.717) is 17.4 Å². The molecule has 0 radical (unpaired) electrons. The minimum Gasteiger partial charge on any atom is -0.396 e. The maximum atomic E-state index is 12.5. The van der Waals surface area contributed by atoms with Gasteiger partial charge >= 0.3 is 0 Å². The van der Waals surface area contributed by atoms with Gasteiger partial charge < -0.3 is 10.0 Å². The summed E-state index contributed by atoms with van der Waals surface area (Å²) in [5.41, 5.74) is 0.839. The zero-order valence-electron chi connectivity index (χ0n) is 12.7. The third kappa shape index (κ3) is 3.77. The first-order valence-electron chi connectivity index (χ1n) is 7.79. The second kappa shape index (κ2) is 7.27. The Labute approximate surface area is 127 Å². The molecule has 1 fully saturated rings. The Morgan fingerprint density at radius 1 is 1.33 bits per heavy atom. The van der Waals surface area contributed by atoms with Gasteiger partial charge in [0.25, 0.3) is 0 Å². The second-order valence-electron chi connectivity index (χ2n) is 5.64. The highest BCUT2D eigenvalue weighted by Crippen LogP contribution is 2.33. The van der Waals surface area contributed by atoms with Crippen molar-refractivity contribution < 1.29 is 13.5 Å². The van der Waals surface area contributed by atoms with Crippen LogP contribution in [0.3, 0.4) is 0 Å². The predicted molar refractivity (Wildman–Crippen MR) is 85.5 cm³/mol. The van der Waals surface area contributed by atoms with Crippen LogP contribution in [0.1, 0.15) is 39.0 Å².